The molecule has 4 aliphatic carbocycles. The first-order chi connectivity index (χ1) is 18.5. The summed E-state index contributed by atoms with van der Waals surface area (Å²) in [7, 11) is 0. The highest BCUT2D eigenvalue weighted by atomic mass is 16.5. The number of Topliss-reactive ketones (excluding diaryl/α,β-unsaturated/α-hetero) is 2. The highest BCUT2D eigenvalue weighted by Crippen LogP contribution is 2.57. The van der Waals surface area contributed by atoms with Crippen LogP contribution in [0.5, 0.6) is 5.75 Å². The van der Waals surface area contributed by atoms with E-state index in [1.807, 2.05) is 0 Å². The number of aliphatic hydroxyl groups excluding tert-OH is 2. The zero-order chi connectivity index (χ0) is 28.2. The Labute approximate surface area is 225 Å². The minimum atomic E-state index is -2.85. The van der Waals surface area contributed by atoms with Gasteiger partial charge in [-0.15, -0.1) is 0 Å². The van der Waals surface area contributed by atoms with E-state index in [-0.39, 0.29) is 23.3 Å². The van der Waals surface area contributed by atoms with Gasteiger partial charge in [0.05, 0.1) is 5.56 Å². The molecule has 2 saturated carbocycles. The van der Waals surface area contributed by atoms with E-state index >= 15 is 0 Å². The van der Waals surface area contributed by atoms with E-state index in [1.165, 1.54) is 6.07 Å². The van der Waals surface area contributed by atoms with Crippen LogP contribution in [0.25, 0.3) is 5.76 Å². The standard InChI is InChI=1S/C29H33NO9/c1-2-19(33)39-25-16-12-18(32)22(28(30)37)26(35)29(16,38)27(36)23-21(25)15(11-10-13-6-3-4-7-13)14-8-5-9-17(31)20(14)24(23)34/h5,8-9,13,15-16,21,25,31,34-35,38H,2-4,6-7,10-12H2,1H3,(H2,30,37). The molecule has 0 heterocycles. The number of benzene rings is 1. The summed E-state index contributed by atoms with van der Waals surface area (Å²) < 4.78 is 5.82. The number of ether oxygens (including phenoxy) is 1. The molecular formula is C29H33NO9. The smallest absolute Gasteiger partial charge is 0.305 e. The number of hydrogen-bond acceptors (Lipinski definition) is 9. The van der Waals surface area contributed by atoms with E-state index in [0.29, 0.717) is 17.9 Å². The Morgan fingerprint density at radius 1 is 1.10 bits per heavy atom. The van der Waals surface area contributed by atoms with Gasteiger partial charge < -0.3 is 30.9 Å². The number of esters is 1. The lowest BCUT2D eigenvalue weighted by Gasteiger charge is -2.52. The van der Waals surface area contributed by atoms with Gasteiger partial charge in [-0.25, -0.2) is 0 Å². The second-order valence-electron chi connectivity index (χ2n) is 11.1. The molecule has 10 nitrogen and oxygen atoms in total. The van der Waals surface area contributed by atoms with Crippen LogP contribution < -0.4 is 5.73 Å². The number of carbonyl (C=O) groups excluding carboxylic acids is 4. The summed E-state index contributed by atoms with van der Waals surface area (Å²) in [4.78, 5) is 51.7. The van der Waals surface area contributed by atoms with E-state index in [9.17, 15) is 39.6 Å². The molecule has 0 radical (unpaired) electrons. The normalized spacial score (nSPS) is 30.6. The van der Waals surface area contributed by atoms with Crippen molar-refractivity contribution in [3.63, 3.8) is 0 Å². The van der Waals surface area contributed by atoms with E-state index in [2.05, 4.69) is 0 Å². The summed E-state index contributed by atoms with van der Waals surface area (Å²) in [5.41, 5.74) is 1.81. The SMILES string of the molecule is CCC(=O)OC1C2C(=C(O)c3c(O)cccc3C2CCC2CCCC2)C(=O)C2(O)C(O)=C(C(N)=O)C(=O)CC12. The number of hydrogen-bond donors (Lipinski definition) is 5. The predicted molar refractivity (Wildman–Crippen MR) is 137 cm³/mol. The zero-order valence-electron chi connectivity index (χ0n) is 21.7. The molecule has 208 valence electrons. The maximum Gasteiger partial charge on any atom is 0.305 e. The highest BCUT2D eigenvalue weighted by molar-refractivity contribution is 6.23. The number of phenols is 1. The number of carbonyl (C=O) groups is 4. The fraction of sp³-hybridized carbons (Fsp3) is 0.517. The molecule has 39 heavy (non-hydrogen) atoms. The average molecular weight is 540 g/mol. The number of aromatic hydroxyl groups is 1. The van der Waals surface area contributed by atoms with E-state index in [1.54, 1.807) is 19.1 Å². The van der Waals surface area contributed by atoms with Crippen molar-refractivity contribution in [2.45, 2.75) is 75.9 Å². The second-order valence-corrected chi connectivity index (χ2v) is 11.1. The van der Waals surface area contributed by atoms with E-state index < -0.39 is 76.4 Å². The Balaban J connectivity index is 1.74. The lowest BCUT2D eigenvalue weighted by molar-refractivity contribution is -0.178. The van der Waals surface area contributed by atoms with Gasteiger partial charge in [0.25, 0.3) is 5.91 Å². The third kappa shape index (κ3) is 4.04. The number of ketones is 2. The molecule has 5 atom stereocenters. The van der Waals surface area contributed by atoms with Crippen molar-refractivity contribution in [3.8, 4) is 5.75 Å². The third-order valence-corrected chi connectivity index (χ3v) is 9.06. The van der Waals surface area contributed by atoms with Gasteiger partial charge in [-0.05, 0) is 36.3 Å². The molecule has 0 saturated heterocycles. The Hall–Kier alpha value is -3.66. The minimum absolute atomic E-state index is 0.0293. The van der Waals surface area contributed by atoms with Crippen LogP contribution in [0.15, 0.2) is 35.1 Å². The molecule has 0 spiro atoms. The fourth-order valence-electron chi connectivity index (χ4n) is 7.19. The summed E-state index contributed by atoms with van der Waals surface area (Å²) in [5.74, 6) is -8.53. The first-order valence-corrected chi connectivity index (χ1v) is 13.5. The molecule has 1 aromatic carbocycles. The summed E-state index contributed by atoms with van der Waals surface area (Å²) in [6.07, 6.45) is 3.78. The maximum absolute atomic E-state index is 14.1. The first-order valence-electron chi connectivity index (χ1n) is 13.5. The predicted octanol–water partition coefficient (Wildman–Crippen LogP) is 2.87. The summed E-state index contributed by atoms with van der Waals surface area (Å²) >= 11 is 0. The molecule has 4 aliphatic rings. The lowest BCUT2D eigenvalue weighted by Crippen LogP contribution is -2.64. The van der Waals surface area contributed by atoms with E-state index in [0.717, 1.165) is 32.1 Å². The first kappa shape index (κ1) is 26.9. The fourth-order valence-corrected chi connectivity index (χ4v) is 7.19. The molecule has 1 aromatic rings. The Morgan fingerprint density at radius 2 is 1.79 bits per heavy atom. The number of rotatable bonds is 6. The second kappa shape index (κ2) is 9.82. The summed E-state index contributed by atoms with van der Waals surface area (Å²) in [6, 6.07) is 4.73. The maximum atomic E-state index is 14.1. The Morgan fingerprint density at radius 3 is 2.44 bits per heavy atom. The number of fused-ring (bicyclic) bond motifs is 3. The monoisotopic (exact) mass is 539 g/mol. The molecule has 0 aromatic heterocycles. The van der Waals surface area contributed by atoms with Crippen LogP contribution in [0.3, 0.4) is 0 Å². The van der Waals surface area contributed by atoms with Crippen LogP contribution in [-0.2, 0) is 23.9 Å². The molecule has 0 bridgehead atoms. The van der Waals surface area contributed by atoms with Gasteiger partial charge in [0.1, 0.15) is 28.9 Å². The molecule has 2 fully saturated rings. The number of primary amides is 1. The van der Waals surface area contributed by atoms with Gasteiger partial charge in [-0.1, -0.05) is 44.7 Å². The van der Waals surface area contributed by atoms with Gasteiger partial charge in [0.2, 0.25) is 5.78 Å². The summed E-state index contributed by atoms with van der Waals surface area (Å²) in [5, 5.41) is 44.9. The average Bonchev–Trinajstić information content (AvgIpc) is 3.41. The number of phenolic OH excluding ortho intramolecular Hbond substituents is 1. The number of amides is 1. The van der Waals surface area contributed by atoms with Crippen LogP contribution in [0.2, 0.25) is 0 Å². The third-order valence-electron chi connectivity index (χ3n) is 9.06. The number of aliphatic hydroxyl groups is 3. The van der Waals surface area contributed by atoms with Crippen LogP contribution in [0, 0.1) is 17.8 Å². The van der Waals surface area contributed by atoms with Gasteiger partial charge in [-0.2, -0.15) is 0 Å². The van der Waals surface area contributed by atoms with Crippen molar-refractivity contribution in [1.29, 1.82) is 0 Å². The zero-order valence-corrected chi connectivity index (χ0v) is 21.7. The van der Waals surface area contributed by atoms with Gasteiger partial charge in [0.15, 0.2) is 11.4 Å². The van der Waals surface area contributed by atoms with Crippen LogP contribution in [-0.4, -0.2) is 55.6 Å². The molecular weight excluding hydrogens is 506 g/mol. The van der Waals surface area contributed by atoms with Crippen LogP contribution in [0.4, 0.5) is 0 Å². The Kier molecular flexibility index (Phi) is 6.78. The van der Waals surface area contributed by atoms with Crippen molar-refractivity contribution in [2.75, 3.05) is 0 Å². The summed E-state index contributed by atoms with van der Waals surface area (Å²) in [6.45, 7) is 1.57. The van der Waals surface area contributed by atoms with Gasteiger partial charge in [0, 0.05) is 30.3 Å². The van der Waals surface area contributed by atoms with Gasteiger partial charge >= 0.3 is 5.97 Å². The lowest BCUT2D eigenvalue weighted by atomic mass is 9.54. The van der Waals surface area contributed by atoms with E-state index in [4.69, 9.17) is 10.5 Å². The molecule has 10 heteroatoms. The van der Waals surface area contributed by atoms with Crippen LogP contribution in [0.1, 0.15) is 75.3 Å². The van der Waals surface area contributed by atoms with Crippen molar-refractivity contribution >= 4 is 29.2 Å². The quantitative estimate of drug-likeness (QED) is 0.268. The highest BCUT2D eigenvalue weighted by Gasteiger charge is 2.66. The molecule has 1 amide bonds. The molecule has 5 unspecified atom stereocenters. The largest absolute Gasteiger partial charge is 0.508 e. The van der Waals surface area contributed by atoms with Crippen molar-refractivity contribution in [1.82, 2.24) is 0 Å². The van der Waals surface area contributed by atoms with Crippen LogP contribution >= 0.6 is 0 Å². The van der Waals surface area contributed by atoms with Crippen molar-refractivity contribution in [2.24, 2.45) is 23.5 Å². The Bertz CT molecular complexity index is 1320. The topological polar surface area (TPSA) is 184 Å². The molecule has 5 rings (SSSR count). The minimum Gasteiger partial charge on any atom is -0.508 e. The van der Waals surface area contributed by atoms with Crippen molar-refractivity contribution in [3.05, 3.63) is 46.2 Å². The number of nitrogens with two attached hydrogens (primary N) is 1. The van der Waals surface area contributed by atoms with Gasteiger partial charge in [-0.3, -0.25) is 19.2 Å². The van der Waals surface area contributed by atoms with Crippen molar-refractivity contribution < 1.29 is 44.3 Å². The molecule has 0 aliphatic heterocycles. The molecule has 6 N–H and O–H groups in total.